The maximum absolute atomic E-state index is 12.7. The van der Waals surface area contributed by atoms with Crippen molar-refractivity contribution in [2.24, 2.45) is 0 Å². The molecule has 2 aromatic rings. The average molecular weight is 447 g/mol. The third kappa shape index (κ3) is 4.41. The molecule has 4 amide bonds. The van der Waals surface area contributed by atoms with Crippen molar-refractivity contribution in [2.75, 3.05) is 11.1 Å². The molecule has 4 rings (SSSR count). The molecule has 1 spiro atoms. The molecule has 1 aliphatic carbocycles. The second kappa shape index (κ2) is 8.60. The highest BCUT2D eigenvalue weighted by Gasteiger charge is 2.52. The van der Waals surface area contributed by atoms with Gasteiger partial charge < -0.3 is 10.6 Å². The zero-order valence-electron chi connectivity index (χ0n) is 16.4. The Balaban J connectivity index is 1.29. The molecule has 30 heavy (non-hydrogen) atoms. The van der Waals surface area contributed by atoms with E-state index in [-0.39, 0.29) is 11.7 Å². The Bertz CT molecular complexity index is 973. The molecule has 158 valence electrons. The highest BCUT2D eigenvalue weighted by Crippen LogP contribution is 2.33. The van der Waals surface area contributed by atoms with Crippen LogP contribution in [0, 0.1) is 6.92 Å². The molecule has 2 aliphatic rings. The summed E-state index contributed by atoms with van der Waals surface area (Å²) in [7, 11) is 0. The van der Waals surface area contributed by atoms with Gasteiger partial charge in [-0.05, 0) is 37.5 Å². The van der Waals surface area contributed by atoms with Crippen LogP contribution in [0.2, 0.25) is 0 Å². The number of carbonyl (C=O) groups is 3. The number of anilines is 2. The molecule has 1 saturated heterocycles. The largest absolute Gasteiger partial charge is 0.344 e. The van der Waals surface area contributed by atoms with Crippen LogP contribution in [-0.4, -0.2) is 44.3 Å². The van der Waals surface area contributed by atoms with Crippen LogP contribution in [0.25, 0.3) is 0 Å². The first-order valence-electron chi connectivity index (χ1n) is 9.71. The van der Waals surface area contributed by atoms with E-state index in [1.165, 1.54) is 23.1 Å². The van der Waals surface area contributed by atoms with Gasteiger partial charge in [0.15, 0.2) is 4.34 Å². The summed E-state index contributed by atoms with van der Waals surface area (Å²) in [5.74, 6) is -0.797. The van der Waals surface area contributed by atoms with E-state index in [1.54, 1.807) is 0 Å². The van der Waals surface area contributed by atoms with Crippen LogP contribution in [0.4, 0.5) is 15.6 Å². The second-order valence-corrected chi connectivity index (χ2v) is 9.60. The van der Waals surface area contributed by atoms with E-state index in [9.17, 15) is 14.4 Å². The number of amides is 4. The van der Waals surface area contributed by atoms with Crippen LogP contribution in [0.1, 0.15) is 37.7 Å². The van der Waals surface area contributed by atoms with Gasteiger partial charge in [0.1, 0.15) is 5.54 Å². The molecular formula is C19H22N6O3S2. The minimum absolute atomic E-state index is 0.0170. The maximum Gasteiger partial charge on any atom is 0.344 e. The number of thioether (sulfide) groups is 1. The third-order valence-corrected chi connectivity index (χ3v) is 7.08. The summed E-state index contributed by atoms with van der Waals surface area (Å²) in [4.78, 5) is 37.2. The molecule has 2 fully saturated rings. The number of hydrogen-bond acceptors (Lipinski definition) is 8. The minimum atomic E-state index is -0.856. The number of aromatic nitrogens is 2. The van der Waals surface area contributed by atoms with Crippen LogP contribution in [0.3, 0.4) is 0 Å². The van der Waals surface area contributed by atoms with Crippen LogP contribution in [-0.2, 0) is 9.59 Å². The molecule has 1 aromatic carbocycles. The maximum atomic E-state index is 12.7. The first-order chi connectivity index (χ1) is 14.4. The smallest absolute Gasteiger partial charge is 0.330 e. The van der Waals surface area contributed by atoms with Crippen molar-refractivity contribution in [1.29, 1.82) is 0 Å². The van der Waals surface area contributed by atoms with E-state index in [4.69, 9.17) is 0 Å². The summed E-state index contributed by atoms with van der Waals surface area (Å²) in [6.07, 6.45) is 4.05. The molecule has 1 aromatic heterocycles. The third-order valence-electron chi connectivity index (χ3n) is 5.11. The van der Waals surface area contributed by atoms with E-state index in [0.29, 0.717) is 22.3 Å². The molecule has 0 bridgehead atoms. The quantitative estimate of drug-likeness (QED) is 0.461. The fourth-order valence-corrected chi connectivity index (χ4v) is 5.23. The standard InChI is InChI=1S/C19H22N6O3S2/c1-12-6-5-7-13(10-12)20-16-22-23-18(30-16)29-11-14(26)24-25-15(27)19(21-17(25)28)8-3-2-4-9-19/h5-7,10H,2-4,8-9,11H2,1H3,(H,20,22)(H,21,28)(H,24,26). The summed E-state index contributed by atoms with van der Waals surface area (Å²) in [6.45, 7) is 2.01. The van der Waals surface area contributed by atoms with Crippen molar-refractivity contribution in [1.82, 2.24) is 25.9 Å². The number of hydrazine groups is 1. The predicted molar refractivity (Wildman–Crippen MR) is 114 cm³/mol. The Morgan fingerprint density at radius 2 is 2.07 bits per heavy atom. The number of benzene rings is 1. The topological polar surface area (TPSA) is 116 Å². The monoisotopic (exact) mass is 446 g/mol. The SMILES string of the molecule is Cc1cccc(Nc2nnc(SCC(=O)NN3C(=O)NC4(CCCCC4)C3=O)s2)c1. The van der Waals surface area contributed by atoms with E-state index in [2.05, 4.69) is 26.3 Å². The summed E-state index contributed by atoms with van der Waals surface area (Å²) >= 11 is 2.53. The molecule has 11 heteroatoms. The molecular weight excluding hydrogens is 424 g/mol. The van der Waals surface area contributed by atoms with Gasteiger partial charge in [0.05, 0.1) is 5.75 Å². The number of nitrogens with zero attached hydrogens (tertiary/aromatic N) is 3. The highest BCUT2D eigenvalue weighted by atomic mass is 32.2. The van der Waals surface area contributed by atoms with Gasteiger partial charge in [-0.1, -0.05) is 54.5 Å². The highest BCUT2D eigenvalue weighted by molar-refractivity contribution is 8.01. The molecule has 1 aliphatic heterocycles. The summed E-state index contributed by atoms with van der Waals surface area (Å²) in [6, 6.07) is 7.32. The predicted octanol–water partition coefficient (Wildman–Crippen LogP) is 2.97. The van der Waals surface area contributed by atoms with Crippen molar-refractivity contribution in [3.63, 3.8) is 0 Å². The Morgan fingerprint density at radius 3 is 2.83 bits per heavy atom. The van der Waals surface area contributed by atoms with Crippen LogP contribution < -0.4 is 16.1 Å². The van der Waals surface area contributed by atoms with Crippen LogP contribution in [0.5, 0.6) is 0 Å². The first kappa shape index (κ1) is 20.6. The van der Waals surface area contributed by atoms with E-state index >= 15 is 0 Å². The lowest BCUT2D eigenvalue weighted by molar-refractivity contribution is -0.139. The number of imide groups is 1. The van der Waals surface area contributed by atoms with Gasteiger partial charge in [-0.3, -0.25) is 15.0 Å². The lowest BCUT2D eigenvalue weighted by atomic mass is 9.82. The molecule has 0 radical (unpaired) electrons. The zero-order chi connectivity index (χ0) is 21.1. The molecule has 1 saturated carbocycles. The number of hydrogen-bond donors (Lipinski definition) is 3. The zero-order valence-corrected chi connectivity index (χ0v) is 18.1. The first-order valence-corrected chi connectivity index (χ1v) is 11.5. The van der Waals surface area contributed by atoms with Gasteiger partial charge in [0.25, 0.3) is 5.91 Å². The van der Waals surface area contributed by atoms with Crippen molar-refractivity contribution in [3.8, 4) is 0 Å². The van der Waals surface area contributed by atoms with Crippen LogP contribution >= 0.6 is 23.1 Å². The van der Waals surface area contributed by atoms with Crippen LogP contribution in [0.15, 0.2) is 28.6 Å². The number of carbonyl (C=O) groups excluding carboxylic acids is 3. The van der Waals surface area contributed by atoms with Gasteiger partial charge in [-0.2, -0.15) is 5.01 Å². The fraction of sp³-hybridized carbons (Fsp3) is 0.421. The number of urea groups is 1. The Hall–Kier alpha value is -2.66. The lowest BCUT2D eigenvalue weighted by Crippen LogP contribution is -2.51. The lowest BCUT2D eigenvalue weighted by Gasteiger charge is -2.30. The Morgan fingerprint density at radius 1 is 1.27 bits per heavy atom. The van der Waals surface area contributed by atoms with E-state index in [1.807, 2.05) is 31.2 Å². The molecule has 2 heterocycles. The number of rotatable bonds is 6. The summed E-state index contributed by atoms with van der Waals surface area (Å²) in [5.41, 5.74) is 3.61. The number of nitrogens with one attached hydrogen (secondary N) is 3. The van der Waals surface area contributed by atoms with E-state index < -0.39 is 17.5 Å². The van der Waals surface area contributed by atoms with Gasteiger partial charge in [-0.15, -0.1) is 10.2 Å². The number of aryl methyl sites for hydroxylation is 1. The Labute approximate surface area is 182 Å². The van der Waals surface area contributed by atoms with Gasteiger partial charge in [0, 0.05) is 5.69 Å². The normalized spacial score (nSPS) is 17.8. The molecule has 0 atom stereocenters. The summed E-state index contributed by atoms with van der Waals surface area (Å²) in [5, 5.41) is 15.5. The second-order valence-electron chi connectivity index (χ2n) is 7.40. The van der Waals surface area contributed by atoms with Crippen molar-refractivity contribution in [2.45, 2.75) is 48.9 Å². The average Bonchev–Trinajstić information content (AvgIpc) is 3.25. The summed E-state index contributed by atoms with van der Waals surface area (Å²) < 4.78 is 0.612. The van der Waals surface area contributed by atoms with Gasteiger partial charge >= 0.3 is 6.03 Å². The van der Waals surface area contributed by atoms with Crippen molar-refractivity contribution < 1.29 is 14.4 Å². The molecule has 9 nitrogen and oxygen atoms in total. The van der Waals surface area contributed by atoms with Crippen molar-refractivity contribution >= 4 is 51.8 Å². The minimum Gasteiger partial charge on any atom is -0.330 e. The van der Waals surface area contributed by atoms with E-state index in [0.717, 1.165) is 35.5 Å². The van der Waals surface area contributed by atoms with Gasteiger partial charge in [-0.25, -0.2) is 4.79 Å². The fourth-order valence-electron chi connectivity index (χ4n) is 3.67. The molecule has 3 N–H and O–H groups in total. The van der Waals surface area contributed by atoms with Gasteiger partial charge in [0.2, 0.25) is 11.0 Å². The van der Waals surface area contributed by atoms with Crippen molar-refractivity contribution in [3.05, 3.63) is 29.8 Å². The molecule has 0 unspecified atom stereocenters. The Kier molecular flexibility index (Phi) is 5.91.